The van der Waals surface area contributed by atoms with Crippen LogP contribution >= 0.6 is 0 Å². The summed E-state index contributed by atoms with van der Waals surface area (Å²) in [5.41, 5.74) is 5.95. The maximum Gasteiger partial charge on any atom is 0.237 e. The van der Waals surface area contributed by atoms with Crippen molar-refractivity contribution < 1.29 is 4.79 Å². The number of nitrogens with zero attached hydrogens (tertiary/aromatic N) is 1. The van der Waals surface area contributed by atoms with Crippen LogP contribution in [0.15, 0.2) is 0 Å². The topological polar surface area (TPSA) is 58.4 Å². The van der Waals surface area contributed by atoms with Gasteiger partial charge < -0.3 is 11.1 Å². The molecular weight excluding hydrogens is 214 g/mol. The van der Waals surface area contributed by atoms with Gasteiger partial charge in [-0.1, -0.05) is 20.8 Å². The molecule has 1 atom stereocenters. The molecule has 0 bridgehead atoms. The second-order valence-corrected chi connectivity index (χ2v) is 5.72. The Morgan fingerprint density at radius 3 is 2.82 bits per heavy atom. The lowest BCUT2D eigenvalue weighted by atomic mass is 9.88. The number of nitrogens with one attached hydrogen (secondary N) is 1. The van der Waals surface area contributed by atoms with Gasteiger partial charge in [-0.3, -0.25) is 9.69 Å². The molecule has 0 aromatic heterocycles. The van der Waals surface area contributed by atoms with Crippen LogP contribution in [0.5, 0.6) is 0 Å². The maximum atomic E-state index is 11.7. The van der Waals surface area contributed by atoms with Crippen LogP contribution in [0, 0.1) is 5.41 Å². The summed E-state index contributed by atoms with van der Waals surface area (Å²) in [6.07, 6.45) is 3.14. The molecule has 0 aromatic rings. The first-order valence-corrected chi connectivity index (χ1v) is 6.72. The Bertz CT molecular complexity index is 253. The lowest BCUT2D eigenvalue weighted by Gasteiger charge is -2.35. The Balaban J connectivity index is 2.37. The van der Waals surface area contributed by atoms with Gasteiger partial charge in [0, 0.05) is 13.1 Å². The van der Waals surface area contributed by atoms with Gasteiger partial charge in [-0.05, 0) is 37.8 Å². The quantitative estimate of drug-likeness (QED) is 0.728. The molecule has 1 rings (SSSR count). The van der Waals surface area contributed by atoms with Gasteiger partial charge in [0.1, 0.15) is 0 Å². The third-order valence-electron chi connectivity index (χ3n) is 3.68. The number of piperazine rings is 1. The van der Waals surface area contributed by atoms with Crippen molar-refractivity contribution in [2.75, 3.05) is 26.2 Å². The predicted molar refractivity (Wildman–Crippen MR) is 70.7 cm³/mol. The second kappa shape index (κ2) is 6.36. The van der Waals surface area contributed by atoms with Gasteiger partial charge in [-0.2, -0.15) is 0 Å². The molecule has 4 heteroatoms. The van der Waals surface area contributed by atoms with Crippen LogP contribution in [0.3, 0.4) is 0 Å². The Hall–Kier alpha value is -0.610. The van der Waals surface area contributed by atoms with Crippen molar-refractivity contribution >= 4 is 5.91 Å². The highest BCUT2D eigenvalue weighted by molar-refractivity contribution is 5.82. The van der Waals surface area contributed by atoms with E-state index in [0.717, 1.165) is 45.4 Å². The molecule has 4 nitrogen and oxygen atoms in total. The van der Waals surface area contributed by atoms with Crippen LogP contribution in [-0.4, -0.2) is 43.0 Å². The van der Waals surface area contributed by atoms with E-state index >= 15 is 0 Å². The first kappa shape index (κ1) is 14.5. The number of hydrogen-bond donors (Lipinski definition) is 2. The van der Waals surface area contributed by atoms with E-state index in [0.29, 0.717) is 0 Å². The number of hydrogen-bond acceptors (Lipinski definition) is 3. The highest BCUT2D eigenvalue weighted by atomic mass is 16.2. The van der Waals surface area contributed by atoms with E-state index in [1.165, 1.54) is 0 Å². The zero-order chi connectivity index (χ0) is 12.9. The summed E-state index contributed by atoms with van der Waals surface area (Å²) in [6, 6.07) is 0.0738. The third-order valence-corrected chi connectivity index (χ3v) is 3.68. The van der Waals surface area contributed by atoms with Crippen molar-refractivity contribution in [3.63, 3.8) is 0 Å². The minimum absolute atomic E-state index is 0.0738. The lowest BCUT2D eigenvalue weighted by molar-refractivity contribution is -0.129. The molecule has 3 N–H and O–H groups in total. The Kier molecular flexibility index (Phi) is 5.40. The fourth-order valence-electron chi connectivity index (χ4n) is 2.34. The molecule has 0 spiro atoms. The second-order valence-electron chi connectivity index (χ2n) is 5.72. The van der Waals surface area contributed by atoms with Gasteiger partial charge in [0.25, 0.3) is 0 Å². The summed E-state index contributed by atoms with van der Waals surface area (Å²) in [4.78, 5) is 14.0. The van der Waals surface area contributed by atoms with Gasteiger partial charge >= 0.3 is 0 Å². The van der Waals surface area contributed by atoms with E-state index in [1.54, 1.807) is 0 Å². The molecule has 17 heavy (non-hydrogen) atoms. The Labute approximate surface area is 105 Å². The molecule has 0 aliphatic carbocycles. The van der Waals surface area contributed by atoms with E-state index in [-0.39, 0.29) is 17.4 Å². The standard InChI is InChI=1S/C13H27N3O/c1-4-11-12(17)15-7-9-16(11)8-5-6-13(2,3)10-14/h11H,4-10,14H2,1-3H3,(H,15,17). The first-order chi connectivity index (χ1) is 8.00. The van der Waals surface area contributed by atoms with E-state index in [9.17, 15) is 4.79 Å². The fraction of sp³-hybridized carbons (Fsp3) is 0.923. The van der Waals surface area contributed by atoms with Crippen molar-refractivity contribution in [2.24, 2.45) is 11.1 Å². The number of carbonyl (C=O) groups excluding carboxylic acids is 1. The van der Waals surface area contributed by atoms with Crippen molar-refractivity contribution in [3.8, 4) is 0 Å². The van der Waals surface area contributed by atoms with Crippen molar-refractivity contribution in [1.82, 2.24) is 10.2 Å². The van der Waals surface area contributed by atoms with E-state index < -0.39 is 0 Å². The van der Waals surface area contributed by atoms with Crippen LogP contribution < -0.4 is 11.1 Å². The third kappa shape index (κ3) is 4.28. The summed E-state index contributed by atoms with van der Waals surface area (Å²) >= 11 is 0. The highest BCUT2D eigenvalue weighted by Gasteiger charge is 2.27. The monoisotopic (exact) mass is 241 g/mol. The average Bonchev–Trinajstić information content (AvgIpc) is 2.29. The molecule has 1 heterocycles. The molecular formula is C13H27N3O. The Morgan fingerprint density at radius 2 is 2.24 bits per heavy atom. The molecule has 0 aromatic carbocycles. The molecule has 100 valence electrons. The van der Waals surface area contributed by atoms with Crippen LogP contribution in [-0.2, 0) is 4.79 Å². The van der Waals surface area contributed by atoms with Gasteiger partial charge in [0.05, 0.1) is 6.04 Å². The van der Waals surface area contributed by atoms with Crippen molar-refractivity contribution in [3.05, 3.63) is 0 Å². The summed E-state index contributed by atoms with van der Waals surface area (Å²) in [5.74, 6) is 0.192. The molecule has 1 aliphatic rings. The maximum absolute atomic E-state index is 11.7. The molecule has 1 unspecified atom stereocenters. The molecule has 1 fully saturated rings. The van der Waals surface area contributed by atoms with Crippen LogP contribution in [0.4, 0.5) is 0 Å². The van der Waals surface area contributed by atoms with E-state index in [1.807, 2.05) is 0 Å². The van der Waals surface area contributed by atoms with Gasteiger partial charge in [0.15, 0.2) is 0 Å². The fourth-order valence-corrected chi connectivity index (χ4v) is 2.34. The minimum atomic E-state index is 0.0738. The van der Waals surface area contributed by atoms with Crippen molar-refractivity contribution in [2.45, 2.75) is 46.1 Å². The SMILES string of the molecule is CCC1C(=O)NCCN1CCCC(C)(C)CN. The van der Waals surface area contributed by atoms with Gasteiger partial charge in [-0.15, -0.1) is 0 Å². The smallest absolute Gasteiger partial charge is 0.237 e. The zero-order valence-electron chi connectivity index (χ0n) is 11.5. The molecule has 0 radical (unpaired) electrons. The van der Waals surface area contributed by atoms with Crippen LogP contribution in [0.25, 0.3) is 0 Å². The molecule has 1 aliphatic heterocycles. The Morgan fingerprint density at radius 1 is 1.53 bits per heavy atom. The highest BCUT2D eigenvalue weighted by Crippen LogP contribution is 2.21. The predicted octanol–water partition coefficient (Wildman–Crippen LogP) is 0.962. The number of carbonyl (C=O) groups is 1. The number of nitrogens with two attached hydrogens (primary N) is 1. The summed E-state index contributed by atoms with van der Waals surface area (Å²) in [6.45, 7) is 9.98. The summed E-state index contributed by atoms with van der Waals surface area (Å²) in [7, 11) is 0. The van der Waals surface area contributed by atoms with E-state index in [2.05, 4.69) is 31.0 Å². The van der Waals surface area contributed by atoms with Crippen LogP contribution in [0.2, 0.25) is 0 Å². The summed E-state index contributed by atoms with van der Waals surface area (Å²) < 4.78 is 0. The number of rotatable bonds is 6. The molecule has 0 saturated carbocycles. The zero-order valence-corrected chi connectivity index (χ0v) is 11.5. The minimum Gasteiger partial charge on any atom is -0.353 e. The molecule has 1 amide bonds. The van der Waals surface area contributed by atoms with Gasteiger partial charge in [-0.25, -0.2) is 0 Å². The van der Waals surface area contributed by atoms with E-state index in [4.69, 9.17) is 5.73 Å². The van der Waals surface area contributed by atoms with Crippen molar-refractivity contribution in [1.29, 1.82) is 0 Å². The summed E-state index contributed by atoms with van der Waals surface area (Å²) in [5, 5.41) is 2.93. The number of amides is 1. The normalized spacial score (nSPS) is 22.6. The average molecular weight is 241 g/mol. The van der Waals surface area contributed by atoms with Gasteiger partial charge in [0.2, 0.25) is 5.91 Å². The largest absolute Gasteiger partial charge is 0.353 e. The first-order valence-electron chi connectivity index (χ1n) is 6.72. The lowest BCUT2D eigenvalue weighted by Crippen LogP contribution is -2.55. The van der Waals surface area contributed by atoms with Crippen LogP contribution in [0.1, 0.15) is 40.0 Å². The molecule has 1 saturated heterocycles.